The molecule has 2 aromatic carbocycles. The Morgan fingerprint density at radius 1 is 1.00 bits per heavy atom. The summed E-state index contributed by atoms with van der Waals surface area (Å²) in [5, 5.41) is 0.717. The van der Waals surface area contributed by atoms with Gasteiger partial charge in [-0.15, -0.1) is 0 Å². The minimum Gasteiger partial charge on any atom is -0.369 e. The highest BCUT2D eigenvalue weighted by atomic mass is 35.5. The molecule has 3 nitrogen and oxygen atoms in total. The lowest BCUT2D eigenvalue weighted by Crippen LogP contribution is -2.49. The largest absolute Gasteiger partial charge is 0.369 e. The fourth-order valence-corrected chi connectivity index (χ4v) is 3.24. The molecule has 0 N–H and O–H groups in total. The molecule has 0 aromatic heterocycles. The van der Waals surface area contributed by atoms with Crippen molar-refractivity contribution in [3.8, 4) is 0 Å². The van der Waals surface area contributed by atoms with Crippen LogP contribution in [-0.2, 0) is 0 Å². The van der Waals surface area contributed by atoms with Crippen molar-refractivity contribution in [2.75, 3.05) is 31.1 Å². The first kappa shape index (κ1) is 17.9. The molecule has 0 bridgehead atoms. The van der Waals surface area contributed by atoms with Crippen molar-refractivity contribution in [1.82, 2.24) is 4.90 Å². The third kappa shape index (κ3) is 4.80. The molecule has 2 aromatic rings. The van der Waals surface area contributed by atoms with Gasteiger partial charge in [-0.05, 0) is 30.7 Å². The van der Waals surface area contributed by atoms with Crippen LogP contribution < -0.4 is 4.90 Å². The smallest absolute Gasteiger partial charge is 0.163 e. The molecule has 1 fully saturated rings. The maximum Gasteiger partial charge on any atom is 0.163 e. The number of hydrogen-bond acceptors (Lipinski definition) is 3. The average Bonchev–Trinajstić information content (AvgIpc) is 2.67. The number of halogens is 2. The standard InChI is InChI=1S/C20H22ClFN2O/c21-17-6-8-18(9-7-17)23-12-14-24(15-13-23)20(22)11-10-19(25)16-4-2-1-3-5-16/h1-9,20H,10-15H2. The molecule has 1 unspecified atom stereocenters. The highest BCUT2D eigenvalue weighted by Gasteiger charge is 2.24. The van der Waals surface area contributed by atoms with Gasteiger partial charge in [0.15, 0.2) is 12.1 Å². The molecule has 0 aliphatic carbocycles. The SMILES string of the molecule is O=C(CCC(F)N1CCN(c2ccc(Cl)cc2)CC1)c1ccccc1. The van der Waals surface area contributed by atoms with Crippen LogP contribution >= 0.6 is 11.6 Å². The molecular formula is C20H22ClFN2O. The number of carbonyl (C=O) groups excluding carboxylic acids is 1. The number of carbonyl (C=O) groups is 1. The van der Waals surface area contributed by atoms with Gasteiger partial charge in [0.2, 0.25) is 0 Å². The van der Waals surface area contributed by atoms with E-state index in [1.807, 2.05) is 47.4 Å². The monoisotopic (exact) mass is 360 g/mol. The van der Waals surface area contributed by atoms with E-state index in [0.29, 0.717) is 23.7 Å². The van der Waals surface area contributed by atoms with Gasteiger partial charge >= 0.3 is 0 Å². The zero-order valence-electron chi connectivity index (χ0n) is 14.1. The summed E-state index contributed by atoms with van der Waals surface area (Å²) < 4.78 is 14.5. The third-order valence-electron chi connectivity index (χ3n) is 4.61. The van der Waals surface area contributed by atoms with E-state index in [2.05, 4.69) is 4.90 Å². The summed E-state index contributed by atoms with van der Waals surface area (Å²) in [7, 11) is 0. The number of alkyl halides is 1. The van der Waals surface area contributed by atoms with E-state index in [0.717, 1.165) is 18.8 Å². The second-order valence-electron chi connectivity index (χ2n) is 6.26. The second-order valence-corrected chi connectivity index (χ2v) is 6.70. The van der Waals surface area contributed by atoms with Crippen molar-refractivity contribution in [1.29, 1.82) is 0 Å². The highest BCUT2D eigenvalue weighted by molar-refractivity contribution is 6.30. The summed E-state index contributed by atoms with van der Waals surface area (Å²) in [6.45, 7) is 2.86. The summed E-state index contributed by atoms with van der Waals surface area (Å²) in [5.41, 5.74) is 1.76. The van der Waals surface area contributed by atoms with Gasteiger partial charge in [-0.25, -0.2) is 4.39 Å². The molecule has 0 amide bonds. The Kier molecular flexibility index (Phi) is 6.05. The van der Waals surface area contributed by atoms with Gasteiger partial charge in [0.1, 0.15) is 0 Å². The van der Waals surface area contributed by atoms with Crippen LogP contribution in [0.15, 0.2) is 54.6 Å². The van der Waals surface area contributed by atoms with Crippen LogP contribution in [0.25, 0.3) is 0 Å². The van der Waals surface area contributed by atoms with Crippen molar-refractivity contribution in [2.45, 2.75) is 19.1 Å². The van der Waals surface area contributed by atoms with E-state index in [9.17, 15) is 9.18 Å². The Hall–Kier alpha value is -1.91. The Labute approximate surface area is 153 Å². The fourth-order valence-electron chi connectivity index (χ4n) is 3.11. The molecule has 0 saturated carbocycles. The predicted octanol–water partition coefficient (Wildman–Crippen LogP) is 4.42. The van der Waals surface area contributed by atoms with Crippen LogP contribution in [0.2, 0.25) is 5.02 Å². The lowest BCUT2D eigenvalue weighted by atomic mass is 10.1. The molecule has 1 saturated heterocycles. The number of Topliss-reactive ketones (excluding diaryl/α,β-unsaturated/α-hetero) is 1. The molecule has 0 spiro atoms. The number of ketones is 1. The van der Waals surface area contributed by atoms with Gasteiger partial charge in [0.05, 0.1) is 0 Å². The number of nitrogens with zero attached hydrogens (tertiary/aromatic N) is 2. The zero-order chi connectivity index (χ0) is 17.6. The van der Waals surface area contributed by atoms with Gasteiger partial charge < -0.3 is 4.90 Å². The Morgan fingerprint density at radius 2 is 1.64 bits per heavy atom. The number of piperazine rings is 1. The van der Waals surface area contributed by atoms with Gasteiger partial charge in [0, 0.05) is 48.9 Å². The van der Waals surface area contributed by atoms with Crippen molar-refractivity contribution in [3.63, 3.8) is 0 Å². The van der Waals surface area contributed by atoms with Crippen LogP contribution in [0.5, 0.6) is 0 Å². The van der Waals surface area contributed by atoms with Crippen molar-refractivity contribution >= 4 is 23.1 Å². The maximum absolute atomic E-state index is 14.5. The maximum atomic E-state index is 14.5. The lowest BCUT2D eigenvalue weighted by Gasteiger charge is -2.37. The minimum atomic E-state index is -1.07. The Morgan fingerprint density at radius 3 is 2.28 bits per heavy atom. The number of hydrogen-bond donors (Lipinski definition) is 0. The highest BCUT2D eigenvalue weighted by Crippen LogP contribution is 2.21. The predicted molar refractivity (Wildman–Crippen MR) is 100 cm³/mol. The topological polar surface area (TPSA) is 23.6 Å². The van der Waals surface area contributed by atoms with Crippen LogP contribution in [0, 0.1) is 0 Å². The van der Waals surface area contributed by atoms with Gasteiger partial charge in [-0.1, -0.05) is 41.9 Å². The molecule has 1 atom stereocenters. The minimum absolute atomic E-state index is 0.00282. The summed E-state index contributed by atoms with van der Waals surface area (Å²) in [4.78, 5) is 16.1. The van der Waals surface area contributed by atoms with Crippen molar-refractivity contribution < 1.29 is 9.18 Å². The third-order valence-corrected chi connectivity index (χ3v) is 4.86. The van der Waals surface area contributed by atoms with E-state index < -0.39 is 6.30 Å². The first-order valence-corrected chi connectivity index (χ1v) is 8.98. The molecule has 0 radical (unpaired) electrons. The summed E-state index contributed by atoms with van der Waals surface area (Å²) in [5.74, 6) is 0.00282. The molecule has 132 valence electrons. The molecule has 1 aliphatic heterocycles. The van der Waals surface area contributed by atoms with Crippen molar-refractivity contribution in [3.05, 3.63) is 65.2 Å². The summed E-state index contributed by atoms with van der Waals surface area (Å²) >= 11 is 5.92. The summed E-state index contributed by atoms with van der Waals surface area (Å²) in [6, 6.07) is 16.8. The van der Waals surface area contributed by atoms with Crippen LogP contribution in [0.4, 0.5) is 10.1 Å². The van der Waals surface area contributed by atoms with Crippen LogP contribution in [-0.4, -0.2) is 43.2 Å². The van der Waals surface area contributed by atoms with E-state index in [1.54, 1.807) is 12.1 Å². The summed E-state index contributed by atoms with van der Waals surface area (Å²) in [6.07, 6.45) is -0.586. The first-order valence-electron chi connectivity index (χ1n) is 8.60. The van der Waals surface area contributed by atoms with Crippen LogP contribution in [0.1, 0.15) is 23.2 Å². The van der Waals surface area contributed by atoms with Gasteiger partial charge in [-0.2, -0.15) is 0 Å². The molecule has 25 heavy (non-hydrogen) atoms. The Bertz CT molecular complexity index is 685. The Balaban J connectivity index is 1.46. The molecule has 5 heteroatoms. The second kappa shape index (κ2) is 8.45. The van der Waals surface area contributed by atoms with Gasteiger partial charge in [0.25, 0.3) is 0 Å². The van der Waals surface area contributed by atoms with Crippen LogP contribution in [0.3, 0.4) is 0 Å². The molecule has 1 heterocycles. The average molecular weight is 361 g/mol. The van der Waals surface area contributed by atoms with E-state index in [-0.39, 0.29) is 18.6 Å². The van der Waals surface area contributed by atoms with Gasteiger partial charge in [-0.3, -0.25) is 9.69 Å². The number of rotatable bonds is 6. The fraction of sp³-hybridized carbons (Fsp3) is 0.350. The molecule has 3 rings (SSSR count). The quantitative estimate of drug-likeness (QED) is 0.562. The normalized spacial score (nSPS) is 16.6. The van der Waals surface area contributed by atoms with E-state index in [4.69, 9.17) is 11.6 Å². The molecular weight excluding hydrogens is 339 g/mol. The van der Waals surface area contributed by atoms with E-state index in [1.165, 1.54) is 0 Å². The zero-order valence-corrected chi connectivity index (χ0v) is 14.8. The van der Waals surface area contributed by atoms with E-state index >= 15 is 0 Å². The lowest BCUT2D eigenvalue weighted by molar-refractivity contribution is 0.0636. The first-order chi connectivity index (χ1) is 12.1. The number of anilines is 1. The molecule has 1 aliphatic rings. The van der Waals surface area contributed by atoms with Crippen molar-refractivity contribution in [2.24, 2.45) is 0 Å². The number of benzene rings is 2.